The molecule has 0 rings (SSSR count). The maximum atomic E-state index is 10.8. The first-order valence-electron chi connectivity index (χ1n) is 7.51. The number of hydrogen-bond donors (Lipinski definition) is 1. The van der Waals surface area contributed by atoms with Crippen molar-refractivity contribution < 1.29 is 19.4 Å². The molecule has 0 spiro atoms. The van der Waals surface area contributed by atoms with Gasteiger partial charge in [0.1, 0.15) is 6.42 Å². The van der Waals surface area contributed by atoms with Crippen LogP contribution in [0, 0.1) is 0 Å². The number of halogens is 1. The van der Waals surface area contributed by atoms with Crippen molar-refractivity contribution in [1.29, 1.82) is 0 Å². The molecule has 0 fully saturated rings. The van der Waals surface area contributed by atoms with Crippen LogP contribution in [-0.4, -0.2) is 29.5 Å². The van der Waals surface area contributed by atoms with Gasteiger partial charge in [-0.1, -0.05) is 52.4 Å². The molecular formula is C15H29ClO4. The predicted molar refractivity (Wildman–Crippen MR) is 82.2 cm³/mol. The van der Waals surface area contributed by atoms with Crippen molar-refractivity contribution in [3.05, 3.63) is 0 Å². The number of esters is 1. The molecule has 0 aliphatic heterocycles. The van der Waals surface area contributed by atoms with Crippen LogP contribution in [0.1, 0.15) is 71.6 Å². The monoisotopic (exact) mass is 308 g/mol. The van der Waals surface area contributed by atoms with Crippen molar-refractivity contribution >= 4 is 23.5 Å². The zero-order chi connectivity index (χ0) is 15.6. The van der Waals surface area contributed by atoms with Crippen molar-refractivity contribution in [2.45, 2.75) is 71.6 Å². The summed E-state index contributed by atoms with van der Waals surface area (Å²) in [6.07, 6.45) is 8.34. The maximum absolute atomic E-state index is 10.8. The minimum Gasteiger partial charge on any atom is -0.481 e. The number of carboxylic acid groups (broad SMARTS) is 1. The zero-order valence-corrected chi connectivity index (χ0v) is 13.6. The molecule has 0 atom stereocenters. The molecule has 0 radical (unpaired) electrons. The second-order valence-electron chi connectivity index (χ2n) is 4.60. The van der Waals surface area contributed by atoms with Gasteiger partial charge in [-0.05, 0) is 12.8 Å². The Kier molecular flexibility index (Phi) is 19.6. The number of carboxylic acids is 1. The van der Waals surface area contributed by atoms with Gasteiger partial charge in [0.05, 0.1) is 6.61 Å². The average Bonchev–Trinajstić information content (AvgIpc) is 2.41. The molecule has 0 aliphatic carbocycles. The third kappa shape index (κ3) is 22.4. The van der Waals surface area contributed by atoms with Crippen molar-refractivity contribution in [3.63, 3.8) is 0 Å². The predicted octanol–water partition coefficient (Wildman–Crippen LogP) is 4.39. The van der Waals surface area contributed by atoms with Crippen LogP contribution >= 0.6 is 11.6 Å². The fourth-order valence-electron chi connectivity index (χ4n) is 1.26. The lowest BCUT2D eigenvalue weighted by Crippen LogP contribution is -2.11. The molecule has 0 aromatic rings. The molecule has 0 aromatic carbocycles. The average molecular weight is 309 g/mol. The van der Waals surface area contributed by atoms with Crippen LogP contribution in [-0.2, 0) is 14.3 Å². The normalized spacial score (nSPS) is 9.55. The highest BCUT2D eigenvalue weighted by Crippen LogP contribution is 2.06. The summed E-state index contributed by atoms with van der Waals surface area (Å²) >= 11 is 5.53. The molecule has 0 aromatic heterocycles. The van der Waals surface area contributed by atoms with Gasteiger partial charge in [0.25, 0.3) is 0 Å². The largest absolute Gasteiger partial charge is 0.481 e. The maximum Gasteiger partial charge on any atom is 0.317 e. The Bertz CT molecular complexity index is 230. The van der Waals surface area contributed by atoms with Gasteiger partial charge >= 0.3 is 11.9 Å². The zero-order valence-electron chi connectivity index (χ0n) is 12.8. The van der Waals surface area contributed by atoms with Crippen molar-refractivity contribution in [1.82, 2.24) is 0 Å². The van der Waals surface area contributed by atoms with Crippen LogP contribution in [0.2, 0.25) is 0 Å². The molecule has 20 heavy (non-hydrogen) atoms. The highest BCUT2D eigenvalue weighted by Gasteiger charge is 2.07. The van der Waals surface area contributed by atoms with Gasteiger partial charge in [-0.15, -0.1) is 11.6 Å². The molecular weight excluding hydrogens is 280 g/mol. The van der Waals surface area contributed by atoms with Gasteiger partial charge < -0.3 is 9.84 Å². The first-order valence-corrected chi connectivity index (χ1v) is 8.05. The molecule has 1 N–H and O–H groups in total. The smallest absolute Gasteiger partial charge is 0.317 e. The Morgan fingerprint density at radius 1 is 0.950 bits per heavy atom. The third-order valence-electron chi connectivity index (χ3n) is 2.59. The van der Waals surface area contributed by atoms with E-state index < -0.39 is 18.4 Å². The van der Waals surface area contributed by atoms with Crippen LogP contribution in [0.15, 0.2) is 0 Å². The first kappa shape index (κ1) is 21.5. The summed E-state index contributed by atoms with van der Waals surface area (Å²) in [6, 6.07) is 0. The number of unbranched alkanes of at least 4 members (excludes halogenated alkanes) is 6. The number of alkyl halides is 1. The Balaban J connectivity index is 0. The second-order valence-corrected chi connectivity index (χ2v) is 4.98. The Morgan fingerprint density at radius 2 is 1.45 bits per heavy atom. The van der Waals surface area contributed by atoms with E-state index in [2.05, 4.69) is 13.8 Å². The number of hydrogen-bond acceptors (Lipinski definition) is 3. The van der Waals surface area contributed by atoms with Crippen LogP contribution in [0.3, 0.4) is 0 Å². The SMILES string of the molecule is CCCC.O=C(O)CC(=O)OCCCCCCCCCl. The van der Waals surface area contributed by atoms with Gasteiger partial charge in [-0.25, -0.2) is 0 Å². The van der Waals surface area contributed by atoms with Gasteiger partial charge in [-0.2, -0.15) is 0 Å². The lowest BCUT2D eigenvalue weighted by atomic mass is 10.1. The lowest BCUT2D eigenvalue weighted by molar-refractivity contribution is -0.151. The molecule has 0 aliphatic rings. The molecule has 0 saturated heterocycles. The number of ether oxygens (including phenoxy) is 1. The Hall–Kier alpha value is -0.770. The lowest BCUT2D eigenvalue weighted by Gasteiger charge is -2.03. The number of aliphatic carboxylic acids is 1. The van der Waals surface area contributed by atoms with Gasteiger partial charge in [-0.3, -0.25) is 9.59 Å². The highest BCUT2D eigenvalue weighted by atomic mass is 35.5. The van der Waals surface area contributed by atoms with E-state index in [-0.39, 0.29) is 0 Å². The number of carbonyl (C=O) groups excluding carboxylic acids is 1. The molecule has 120 valence electrons. The van der Waals surface area contributed by atoms with E-state index in [0.717, 1.165) is 38.5 Å². The van der Waals surface area contributed by atoms with Gasteiger partial charge in [0.15, 0.2) is 0 Å². The van der Waals surface area contributed by atoms with E-state index in [4.69, 9.17) is 21.4 Å². The van der Waals surface area contributed by atoms with Crippen LogP contribution in [0.4, 0.5) is 0 Å². The molecule has 5 heteroatoms. The van der Waals surface area contributed by atoms with E-state index in [1.54, 1.807) is 0 Å². The standard InChI is InChI=1S/C11H19ClO4.C4H10/c12-7-5-3-1-2-4-6-8-16-11(15)9-10(13)14;1-3-4-2/h1-9H2,(H,13,14);3-4H2,1-2H3. The van der Waals surface area contributed by atoms with Gasteiger partial charge in [0, 0.05) is 5.88 Å². The second kappa shape index (κ2) is 18.2. The summed E-state index contributed by atoms with van der Waals surface area (Å²) in [4.78, 5) is 20.9. The van der Waals surface area contributed by atoms with Crippen molar-refractivity contribution in [2.75, 3.05) is 12.5 Å². The summed E-state index contributed by atoms with van der Waals surface area (Å²) in [5.41, 5.74) is 0. The van der Waals surface area contributed by atoms with E-state index in [9.17, 15) is 9.59 Å². The minimum absolute atomic E-state index is 0.321. The van der Waals surface area contributed by atoms with Crippen molar-refractivity contribution in [2.24, 2.45) is 0 Å². The summed E-state index contributed by atoms with van der Waals surface area (Å²) in [6.45, 7) is 4.68. The van der Waals surface area contributed by atoms with Gasteiger partial charge in [0.2, 0.25) is 0 Å². The van der Waals surface area contributed by atoms with E-state index >= 15 is 0 Å². The van der Waals surface area contributed by atoms with E-state index in [1.807, 2.05) is 0 Å². The highest BCUT2D eigenvalue weighted by molar-refractivity contribution is 6.17. The summed E-state index contributed by atoms with van der Waals surface area (Å²) in [5.74, 6) is -1.09. The molecule has 0 amide bonds. The van der Waals surface area contributed by atoms with Crippen LogP contribution in [0.5, 0.6) is 0 Å². The van der Waals surface area contributed by atoms with Crippen LogP contribution < -0.4 is 0 Å². The molecule has 0 saturated carbocycles. The molecule has 4 nitrogen and oxygen atoms in total. The number of carbonyl (C=O) groups is 2. The molecule has 0 bridgehead atoms. The fraction of sp³-hybridized carbons (Fsp3) is 0.867. The molecule has 0 heterocycles. The third-order valence-corrected chi connectivity index (χ3v) is 2.85. The minimum atomic E-state index is -1.15. The van der Waals surface area contributed by atoms with Crippen LogP contribution in [0.25, 0.3) is 0 Å². The topological polar surface area (TPSA) is 63.6 Å². The first-order chi connectivity index (χ1) is 9.58. The molecule has 0 unspecified atom stereocenters. The number of rotatable bonds is 11. The Morgan fingerprint density at radius 3 is 1.90 bits per heavy atom. The fourth-order valence-corrected chi connectivity index (χ4v) is 1.45. The summed E-state index contributed by atoms with van der Waals surface area (Å²) < 4.78 is 4.74. The van der Waals surface area contributed by atoms with E-state index in [0.29, 0.717) is 12.5 Å². The van der Waals surface area contributed by atoms with Crippen molar-refractivity contribution in [3.8, 4) is 0 Å². The Labute approximate surface area is 127 Å². The van der Waals surface area contributed by atoms with E-state index in [1.165, 1.54) is 12.8 Å². The quantitative estimate of drug-likeness (QED) is 0.266. The summed E-state index contributed by atoms with van der Waals surface area (Å²) in [5, 5.41) is 8.30. The summed E-state index contributed by atoms with van der Waals surface area (Å²) in [7, 11) is 0.